The highest BCUT2D eigenvalue weighted by Crippen LogP contribution is 2.33. The van der Waals surface area contributed by atoms with Crippen LogP contribution in [-0.4, -0.2) is 12.7 Å². The molecule has 0 N–H and O–H groups in total. The highest BCUT2D eigenvalue weighted by Gasteiger charge is 2.23. The van der Waals surface area contributed by atoms with Crippen molar-refractivity contribution in [1.29, 1.82) is 0 Å². The Morgan fingerprint density at radius 2 is 1.65 bits per heavy atom. The molecule has 0 heterocycles. The number of hydrogen-bond acceptors (Lipinski definition) is 1. The lowest BCUT2D eigenvalue weighted by molar-refractivity contribution is 0.119. The van der Waals surface area contributed by atoms with Crippen molar-refractivity contribution in [2.75, 3.05) is 12.7 Å². The lowest BCUT2D eigenvalue weighted by Gasteiger charge is -2.30. The van der Waals surface area contributed by atoms with Crippen LogP contribution in [0.25, 0.3) is 0 Å². The molecule has 2 heteroatoms. The predicted molar refractivity (Wildman–Crippen MR) is 77.6 cm³/mol. The van der Waals surface area contributed by atoms with Crippen molar-refractivity contribution in [2.24, 2.45) is 11.3 Å². The second-order valence-electron chi connectivity index (χ2n) is 6.07. The first kappa shape index (κ1) is 17.2. The van der Waals surface area contributed by atoms with Crippen LogP contribution in [0.3, 0.4) is 0 Å². The third-order valence-electron chi connectivity index (χ3n) is 3.57. The minimum atomic E-state index is 0.327. The van der Waals surface area contributed by atoms with Crippen LogP contribution in [-0.2, 0) is 4.74 Å². The van der Waals surface area contributed by atoms with Gasteiger partial charge in [-0.05, 0) is 24.2 Å². The molecule has 1 atom stereocenters. The van der Waals surface area contributed by atoms with Crippen molar-refractivity contribution in [3.05, 3.63) is 0 Å². The zero-order valence-corrected chi connectivity index (χ0v) is 13.0. The fourth-order valence-electron chi connectivity index (χ4n) is 2.28. The maximum Gasteiger partial charge on any atom is 0.120 e. The van der Waals surface area contributed by atoms with Gasteiger partial charge in [0.05, 0.1) is 0 Å². The smallest absolute Gasteiger partial charge is 0.120 e. The van der Waals surface area contributed by atoms with E-state index in [0.717, 1.165) is 18.9 Å². The van der Waals surface area contributed by atoms with E-state index >= 15 is 0 Å². The van der Waals surface area contributed by atoms with Gasteiger partial charge >= 0.3 is 0 Å². The molecule has 0 saturated carbocycles. The number of ether oxygens (including phenoxy) is 1. The molecule has 0 aliphatic carbocycles. The average Bonchev–Trinajstić information content (AvgIpc) is 2.25. The number of hydrogen-bond donors (Lipinski definition) is 0. The third-order valence-corrected chi connectivity index (χ3v) is 3.72. The Hall–Kier alpha value is 0.250. The van der Waals surface area contributed by atoms with E-state index in [-0.39, 0.29) is 0 Å². The van der Waals surface area contributed by atoms with Crippen molar-refractivity contribution >= 4 is 11.6 Å². The van der Waals surface area contributed by atoms with Gasteiger partial charge in [-0.25, -0.2) is 0 Å². The first-order valence-electron chi connectivity index (χ1n) is 7.16. The first-order chi connectivity index (χ1) is 8.02. The second kappa shape index (κ2) is 10.2. The predicted octanol–water partition coefficient (Wildman–Crippen LogP) is 5.61. The number of alkyl halides is 1. The summed E-state index contributed by atoms with van der Waals surface area (Å²) in [6.07, 6.45) is 9.33. The van der Waals surface area contributed by atoms with Gasteiger partial charge < -0.3 is 4.74 Å². The minimum Gasteiger partial charge on any atom is -0.366 e. The second-order valence-corrected chi connectivity index (χ2v) is 6.29. The molecule has 0 bridgehead atoms. The summed E-state index contributed by atoms with van der Waals surface area (Å²) < 4.78 is 5.27. The molecule has 0 rings (SSSR count). The zero-order valence-electron chi connectivity index (χ0n) is 12.2. The lowest BCUT2D eigenvalue weighted by atomic mass is 9.76. The van der Waals surface area contributed by atoms with Crippen LogP contribution in [0.2, 0.25) is 0 Å². The summed E-state index contributed by atoms with van der Waals surface area (Å²) in [5, 5.41) is 0. The summed E-state index contributed by atoms with van der Waals surface area (Å²) in [4.78, 5) is 0. The average molecular weight is 263 g/mol. The molecule has 0 amide bonds. The monoisotopic (exact) mass is 262 g/mol. The Kier molecular flexibility index (Phi) is 10.3. The molecule has 0 aliphatic heterocycles. The third kappa shape index (κ3) is 9.91. The molecule has 0 aliphatic rings. The van der Waals surface area contributed by atoms with Crippen molar-refractivity contribution in [3.8, 4) is 0 Å². The Labute approximate surface area is 113 Å². The van der Waals surface area contributed by atoms with Gasteiger partial charge in [0.15, 0.2) is 0 Å². The van der Waals surface area contributed by atoms with E-state index in [0.29, 0.717) is 11.5 Å². The largest absolute Gasteiger partial charge is 0.366 e. The van der Waals surface area contributed by atoms with Gasteiger partial charge in [0.1, 0.15) is 6.07 Å². The van der Waals surface area contributed by atoms with Crippen LogP contribution in [0.15, 0.2) is 0 Å². The van der Waals surface area contributed by atoms with Crippen LogP contribution < -0.4 is 0 Å². The van der Waals surface area contributed by atoms with Crippen LogP contribution in [0.4, 0.5) is 0 Å². The number of halogens is 1. The van der Waals surface area contributed by atoms with Crippen molar-refractivity contribution < 1.29 is 4.74 Å². The molecular weight excluding hydrogens is 232 g/mol. The molecule has 0 saturated heterocycles. The van der Waals surface area contributed by atoms with E-state index in [9.17, 15) is 0 Å². The Bertz CT molecular complexity index is 163. The van der Waals surface area contributed by atoms with Crippen LogP contribution >= 0.6 is 11.6 Å². The summed E-state index contributed by atoms with van der Waals surface area (Å²) in [5.41, 5.74) is 0.389. The van der Waals surface area contributed by atoms with Gasteiger partial charge in [0.2, 0.25) is 0 Å². The van der Waals surface area contributed by atoms with Gasteiger partial charge in [-0.15, -0.1) is 0 Å². The normalized spacial score (nSPS) is 13.9. The molecule has 0 aromatic rings. The molecule has 1 nitrogen and oxygen atoms in total. The fourth-order valence-corrected chi connectivity index (χ4v) is 2.39. The van der Waals surface area contributed by atoms with Crippen LogP contribution in [0.5, 0.6) is 0 Å². The highest BCUT2D eigenvalue weighted by molar-refractivity contribution is 6.17. The van der Waals surface area contributed by atoms with Crippen molar-refractivity contribution in [1.82, 2.24) is 0 Å². The molecule has 104 valence electrons. The molecule has 0 fully saturated rings. The quantitative estimate of drug-likeness (QED) is 0.367. The first-order valence-corrected chi connectivity index (χ1v) is 7.69. The topological polar surface area (TPSA) is 9.23 Å². The fraction of sp³-hybridized carbons (Fsp3) is 1.00. The molecule has 0 spiro atoms. The maximum absolute atomic E-state index is 5.54. The van der Waals surface area contributed by atoms with E-state index in [1.807, 2.05) is 0 Å². The summed E-state index contributed by atoms with van der Waals surface area (Å²) in [6.45, 7) is 10.1. The summed E-state index contributed by atoms with van der Waals surface area (Å²) in [6, 6.07) is 0.327. The maximum atomic E-state index is 5.54. The summed E-state index contributed by atoms with van der Waals surface area (Å²) in [5.74, 6) is 0.757. The SMILES string of the molecule is CCCCCCCC(CCOCCl)C(C)(C)C. The molecule has 17 heavy (non-hydrogen) atoms. The van der Waals surface area contributed by atoms with Gasteiger partial charge in [0, 0.05) is 6.61 Å². The summed E-state index contributed by atoms with van der Waals surface area (Å²) in [7, 11) is 0. The van der Waals surface area contributed by atoms with Gasteiger partial charge in [0.25, 0.3) is 0 Å². The Morgan fingerprint density at radius 1 is 1.00 bits per heavy atom. The van der Waals surface area contributed by atoms with Crippen LogP contribution in [0, 0.1) is 11.3 Å². The van der Waals surface area contributed by atoms with Gasteiger partial charge in [-0.3, -0.25) is 0 Å². The molecule has 1 unspecified atom stereocenters. The molecule has 0 radical (unpaired) electrons. The Morgan fingerprint density at radius 3 is 2.18 bits per heavy atom. The highest BCUT2D eigenvalue weighted by atomic mass is 35.5. The van der Waals surface area contributed by atoms with E-state index in [4.69, 9.17) is 16.3 Å². The standard InChI is InChI=1S/C15H31ClO/c1-5-6-7-8-9-10-14(15(2,3)4)11-12-17-13-16/h14H,5-13H2,1-4H3. The van der Waals surface area contributed by atoms with E-state index in [2.05, 4.69) is 27.7 Å². The number of rotatable bonds is 10. The van der Waals surface area contributed by atoms with Crippen molar-refractivity contribution in [3.63, 3.8) is 0 Å². The molecule has 0 aromatic heterocycles. The van der Waals surface area contributed by atoms with Gasteiger partial charge in [-0.1, -0.05) is 71.4 Å². The van der Waals surface area contributed by atoms with Crippen LogP contribution in [0.1, 0.15) is 72.6 Å². The summed E-state index contributed by atoms with van der Waals surface area (Å²) >= 11 is 5.54. The number of unbranched alkanes of at least 4 members (excludes halogenated alkanes) is 4. The molecule has 0 aromatic carbocycles. The molecular formula is C15H31ClO. The van der Waals surface area contributed by atoms with Gasteiger partial charge in [-0.2, -0.15) is 0 Å². The van der Waals surface area contributed by atoms with E-state index < -0.39 is 0 Å². The lowest BCUT2D eigenvalue weighted by Crippen LogP contribution is -2.22. The zero-order chi connectivity index (χ0) is 13.1. The van der Waals surface area contributed by atoms with Crippen molar-refractivity contribution in [2.45, 2.75) is 72.6 Å². The van der Waals surface area contributed by atoms with E-state index in [1.54, 1.807) is 0 Å². The minimum absolute atomic E-state index is 0.327. The van der Waals surface area contributed by atoms with E-state index in [1.165, 1.54) is 38.5 Å². The Balaban J connectivity index is 3.78.